The van der Waals surface area contributed by atoms with E-state index in [1.54, 1.807) is 26.0 Å². The number of aliphatic hydroxyl groups excluding tert-OH is 1. The van der Waals surface area contributed by atoms with Gasteiger partial charge in [0.05, 0.1) is 11.5 Å². The van der Waals surface area contributed by atoms with Gasteiger partial charge in [-0.25, -0.2) is 13.1 Å². The molecular weight excluding hydrogens is 230 g/mol. The third-order valence-electron chi connectivity index (χ3n) is 2.21. The molecule has 1 rings (SSSR count). The predicted molar refractivity (Wildman–Crippen MR) is 60.3 cm³/mol. The number of rotatable bonds is 6. The smallest absolute Gasteiger partial charge is 0.213 e. The van der Waals surface area contributed by atoms with Crippen LogP contribution in [0.1, 0.15) is 32.1 Å². The first-order valence-corrected chi connectivity index (χ1v) is 6.68. The zero-order chi connectivity index (χ0) is 12.2. The number of sulfonamides is 1. The van der Waals surface area contributed by atoms with E-state index in [2.05, 4.69) is 4.72 Å². The molecule has 0 amide bonds. The molecule has 16 heavy (non-hydrogen) atoms. The Bertz CT molecular complexity index is 396. The molecule has 0 spiro atoms. The summed E-state index contributed by atoms with van der Waals surface area (Å²) in [6, 6.07) is 3.33. The molecule has 0 aliphatic rings. The molecule has 0 fully saturated rings. The third-order valence-corrected chi connectivity index (χ3v) is 4.06. The second-order valence-electron chi connectivity index (χ2n) is 3.81. The van der Waals surface area contributed by atoms with Crippen LogP contribution in [0.5, 0.6) is 0 Å². The molecule has 0 saturated heterocycles. The van der Waals surface area contributed by atoms with Gasteiger partial charge in [-0.15, -0.1) is 0 Å². The molecule has 1 aromatic heterocycles. The summed E-state index contributed by atoms with van der Waals surface area (Å²) in [5.41, 5.74) is 0. The molecule has 5 nitrogen and oxygen atoms in total. The molecule has 1 atom stereocenters. The van der Waals surface area contributed by atoms with Crippen molar-refractivity contribution >= 4 is 10.0 Å². The Labute approximate surface area is 95.5 Å². The second kappa shape index (κ2) is 5.47. The van der Waals surface area contributed by atoms with Crippen LogP contribution in [0.3, 0.4) is 0 Å². The number of aliphatic hydroxyl groups is 1. The first-order chi connectivity index (χ1) is 7.43. The highest BCUT2D eigenvalue weighted by Crippen LogP contribution is 2.15. The standard InChI is InChI=1S/C10H17NO4S/c1-8(2)16(13,14)11-6-5-9(12)10-4-3-7-15-10/h3-4,7-9,11-12H,5-6H2,1-2H3. The van der Waals surface area contributed by atoms with Crippen LogP contribution in [-0.4, -0.2) is 25.3 Å². The predicted octanol–water partition coefficient (Wildman–Crippen LogP) is 1.03. The fourth-order valence-corrected chi connectivity index (χ4v) is 1.86. The van der Waals surface area contributed by atoms with Crippen molar-refractivity contribution in [3.8, 4) is 0 Å². The molecule has 1 unspecified atom stereocenters. The lowest BCUT2D eigenvalue weighted by Crippen LogP contribution is -2.32. The first kappa shape index (κ1) is 13.2. The molecule has 0 saturated carbocycles. The molecule has 0 aliphatic carbocycles. The van der Waals surface area contributed by atoms with Crippen LogP contribution in [-0.2, 0) is 10.0 Å². The maximum absolute atomic E-state index is 11.4. The van der Waals surface area contributed by atoms with Crippen molar-refractivity contribution in [2.75, 3.05) is 6.54 Å². The van der Waals surface area contributed by atoms with Crippen LogP contribution in [0.25, 0.3) is 0 Å². The Morgan fingerprint density at radius 2 is 2.19 bits per heavy atom. The first-order valence-electron chi connectivity index (χ1n) is 5.13. The topological polar surface area (TPSA) is 79.5 Å². The Hall–Kier alpha value is -0.850. The van der Waals surface area contributed by atoms with Gasteiger partial charge in [0.25, 0.3) is 0 Å². The van der Waals surface area contributed by atoms with E-state index in [-0.39, 0.29) is 6.54 Å². The van der Waals surface area contributed by atoms with Crippen LogP contribution in [0.15, 0.2) is 22.8 Å². The van der Waals surface area contributed by atoms with E-state index in [4.69, 9.17) is 4.42 Å². The molecular formula is C10H17NO4S. The summed E-state index contributed by atoms with van der Waals surface area (Å²) in [4.78, 5) is 0. The average molecular weight is 247 g/mol. The van der Waals surface area contributed by atoms with Crippen LogP contribution < -0.4 is 4.72 Å². The number of hydrogen-bond donors (Lipinski definition) is 2. The summed E-state index contributed by atoms with van der Waals surface area (Å²) >= 11 is 0. The van der Waals surface area contributed by atoms with E-state index < -0.39 is 21.4 Å². The van der Waals surface area contributed by atoms with Crippen molar-refractivity contribution in [1.82, 2.24) is 4.72 Å². The lowest BCUT2D eigenvalue weighted by molar-refractivity contribution is 0.141. The van der Waals surface area contributed by atoms with Crippen molar-refractivity contribution in [3.05, 3.63) is 24.2 Å². The Morgan fingerprint density at radius 3 is 2.69 bits per heavy atom. The van der Waals surface area contributed by atoms with Gasteiger partial charge in [0.15, 0.2) is 0 Å². The van der Waals surface area contributed by atoms with Gasteiger partial charge in [-0.05, 0) is 32.4 Å². The Balaban J connectivity index is 2.37. The van der Waals surface area contributed by atoms with Gasteiger partial charge < -0.3 is 9.52 Å². The summed E-state index contributed by atoms with van der Waals surface area (Å²) in [7, 11) is -3.25. The Morgan fingerprint density at radius 1 is 1.50 bits per heavy atom. The van der Waals surface area contributed by atoms with Crippen molar-refractivity contribution < 1.29 is 17.9 Å². The van der Waals surface area contributed by atoms with E-state index in [0.29, 0.717) is 12.2 Å². The maximum Gasteiger partial charge on any atom is 0.213 e. The summed E-state index contributed by atoms with van der Waals surface area (Å²) in [5.74, 6) is 0.448. The quantitative estimate of drug-likeness (QED) is 0.787. The molecule has 6 heteroatoms. The minimum Gasteiger partial charge on any atom is -0.467 e. The molecule has 0 radical (unpaired) electrons. The number of hydrogen-bond acceptors (Lipinski definition) is 4. The van der Waals surface area contributed by atoms with E-state index in [9.17, 15) is 13.5 Å². The minimum absolute atomic E-state index is 0.197. The van der Waals surface area contributed by atoms with Crippen LogP contribution >= 0.6 is 0 Å². The zero-order valence-corrected chi connectivity index (χ0v) is 10.2. The molecule has 1 aromatic rings. The van der Waals surface area contributed by atoms with E-state index >= 15 is 0 Å². The Kier molecular flexibility index (Phi) is 4.52. The maximum atomic E-state index is 11.4. The van der Waals surface area contributed by atoms with Crippen LogP contribution in [0.2, 0.25) is 0 Å². The highest BCUT2D eigenvalue weighted by molar-refractivity contribution is 7.90. The summed E-state index contributed by atoms with van der Waals surface area (Å²) in [6.45, 7) is 3.40. The number of furan rings is 1. The normalized spacial score (nSPS) is 14.2. The SMILES string of the molecule is CC(C)S(=O)(=O)NCCC(O)c1ccco1. The lowest BCUT2D eigenvalue weighted by Gasteiger charge is -2.11. The minimum atomic E-state index is -3.25. The van der Waals surface area contributed by atoms with Crippen molar-refractivity contribution in [2.45, 2.75) is 31.6 Å². The molecule has 92 valence electrons. The summed E-state index contributed by atoms with van der Waals surface area (Å²) < 4.78 is 30.2. The van der Waals surface area contributed by atoms with Crippen LogP contribution in [0, 0.1) is 0 Å². The van der Waals surface area contributed by atoms with Crippen molar-refractivity contribution in [1.29, 1.82) is 0 Å². The van der Waals surface area contributed by atoms with E-state index in [1.165, 1.54) is 6.26 Å². The molecule has 0 bridgehead atoms. The van der Waals surface area contributed by atoms with Gasteiger partial charge in [0.2, 0.25) is 10.0 Å². The van der Waals surface area contributed by atoms with E-state index in [0.717, 1.165) is 0 Å². The van der Waals surface area contributed by atoms with Gasteiger partial charge in [0, 0.05) is 6.54 Å². The average Bonchev–Trinajstić information content (AvgIpc) is 2.69. The summed E-state index contributed by atoms with van der Waals surface area (Å²) in [6.07, 6.45) is 0.987. The van der Waals surface area contributed by atoms with Crippen LogP contribution in [0.4, 0.5) is 0 Å². The highest BCUT2D eigenvalue weighted by atomic mass is 32.2. The van der Waals surface area contributed by atoms with Gasteiger partial charge in [-0.3, -0.25) is 0 Å². The number of nitrogens with one attached hydrogen (secondary N) is 1. The monoisotopic (exact) mass is 247 g/mol. The third kappa shape index (κ3) is 3.62. The highest BCUT2D eigenvalue weighted by Gasteiger charge is 2.16. The molecule has 2 N–H and O–H groups in total. The van der Waals surface area contributed by atoms with Gasteiger partial charge in [0.1, 0.15) is 11.9 Å². The zero-order valence-electron chi connectivity index (χ0n) is 9.38. The van der Waals surface area contributed by atoms with Gasteiger partial charge in [-0.2, -0.15) is 0 Å². The molecule has 0 aromatic carbocycles. The lowest BCUT2D eigenvalue weighted by atomic mass is 10.2. The van der Waals surface area contributed by atoms with Crippen molar-refractivity contribution in [3.63, 3.8) is 0 Å². The second-order valence-corrected chi connectivity index (χ2v) is 6.13. The summed E-state index contributed by atoms with van der Waals surface area (Å²) in [5, 5.41) is 9.15. The van der Waals surface area contributed by atoms with Gasteiger partial charge >= 0.3 is 0 Å². The fourth-order valence-electron chi connectivity index (χ4n) is 1.13. The molecule has 1 heterocycles. The van der Waals surface area contributed by atoms with E-state index in [1.807, 2.05) is 0 Å². The fraction of sp³-hybridized carbons (Fsp3) is 0.600. The van der Waals surface area contributed by atoms with Crippen molar-refractivity contribution in [2.24, 2.45) is 0 Å². The van der Waals surface area contributed by atoms with Gasteiger partial charge in [-0.1, -0.05) is 0 Å². The largest absolute Gasteiger partial charge is 0.467 e. The molecule has 0 aliphatic heterocycles.